The molecule has 9 nitrogen and oxygen atoms in total. The molecule has 2 aromatic heterocycles. The van der Waals surface area contributed by atoms with Gasteiger partial charge in [0.05, 0.1) is 12.5 Å². The van der Waals surface area contributed by atoms with Gasteiger partial charge in [-0.1, -0.05) is 12.1 Å². The quantitative estimate of drug-likeness (QED) is 0.292. The van der Waals surface area contributed by atoms with Gasteiger partial charge in [0.2, 0.25) is 5.91 Å². The van der Waals surface area contributed by atoms with Gasteiger partial charge in [0.25, 0.3) is 0 Å². The van der Waals surface area contributed by atoms with Crippen molar-refractivity contribution in [3.05, 3.63) is 53.5 Å². The third-order valence-corrected chi connectivity index (χ3v) is 6.51. The maximum absolute atomic E-state index is 13.3. The molecule has 202 valence electrons. The van der Waals surface area contributed by atoms with E-state index in [-0.39, 0.29) is 12.8 Å². The number of carbonyl (C=O) groups excluding carboxylic acids is 1. The summed E-state index contributed by atoms with van der Waals surface area (Å²) in [5.74, 6) is -0.514. The summed E-state index contributed by atoms with van der Waals surface area (Å²) < 4.78 is 18.6. The Balaban J connectivity index is 1.50. The van der Waals surface area contributed by atoms with Gasteiger partial charge >= 0.3 is 5.97 Å². The van der Waals surface area contributed by atoms with E-state index in [1.54, 1.807) is 24.4 Å². The van der Waals surface area contributed by atoms with Gasteiger partial charge in [-0.3, -0.25) is 9.78 Å². The summed E-state index contributed by atoms with van der Waals surface area (Å²) in [6.45, 7) is 1.73. The molecule has 3 rings (SSSR count). The molecule has 3 heterocycles. The van der Waals surface area contributed by atoms with E-state index < -0.39 is 30.7 Å². The van der Waals surface area contributed by atoms with E-state index in [0.29, 0.717) is 25.3 Å². The van der Waals surface area contributed by atoms with E-state index in [1.807, 2.05) is 4.90 Å². The minimum atomic E-state index is -1.10. The molecule has 0 spiro atoms. The number of hydrogen-bond donors (Lipinski definition) is 3. The molecule has 1 aliphatic rings. The largest absolute Gasteiger partial charge is 0.480 e. The second-order valence-corrected chi connectivity index (χ2v) is 9.36. The number of unbranched alkanes of at least 4 members (excludes halogenated alkanes) is 1. The van der Waals surface area contributed by atoms with Crippen molar-refractivity contribution in [1.82, 2.24) is 20.2 Å². The predicted octanol–water partition coefficient (Wildman–Crippen LogP) is 2.65. The number of ether oxygens (including phenoxy) is 1. The Hall–Kier alpha value is -3.11. The van der Waals surface area contributed by atoms with Crippen molar-refractivity contribution < 1.29 is 23.8 Å². The van der Waals surface area contributed by atoms with Crippen molar-refractivity contribution in [3.8, 4) is 0 Å². The van der Waals surface area contributed by atoms with Crippen LogP contribution in [0.4, 0.5) is 10.2 Å². The maximum Gasteiger partial charge on any atom is 0.326 e. The second kappa shape index (κ2) is 15.2. The number of nitrogens with zero attached hydrogens (tertiary/aromatic N) is 3. The zero-order valence-corrected chi connectivity index (χ0v) is 21.5. The number of pyridine rings is 2. The fourth-order valence-electron chi connectivity index (χ4n) is 4.40. The maximum atomic E-state index is 13.3. The average molecular weight is 516 g/mol. The molecule has 0 fully saturated rings. The fraction of sp³-hybridized carbons (Fsp3) is 0.556. The highest BCUT2D eigenvalue weighted by Crippen LogP contribution is 2.20. The average Bonchev–Trinajstić information content (AvgIpc) is 2.91. The lowest BCUT2D eigenvalue weighted by atomic mass is 10.1. The molecule has 0 aliphatic carbocycles. The summed E-state index contributed by atoms with van der Waals surface area (Å²) in [6, 6.07) is 8.43. The van der Waals surface area contributed by atoms with Crippen LogP contribution in [0.2, 0.25) is 0 Å². The Labute approximate surface area is 217 Å². The van der Waals surface area contributed by atoms with Gasteiger partial charge in [-0.15, -0.1) is 0 Å². The molecule has 2 aromatic rings. The monoisotopic (exact) mass is 515 g/mol. The Morgan fingerprint density at radius 1 is 1.22 bits per heavy atom. The van der Waals surface area contributed by atoms with Crippen molar-refractivity contribution in [1.29, 1.82) is 0 Å². The summed E-state index contributed by atoms with van der Waals surface area (Å²) in [7, 11) is 1.47. The number of aliphatic carboxylic acids is 1. The number of halogens is 1. The van der Waals surface area contributed by atoms with Gasteiger partial charge in [-0.05, 0) is 68.8 Å². The van der Waals surface area contributed by atoms with Crippen molar-refractivity contribution >= 4 is 17.7 Å². The molecule has 37 heavy (non-hydrogen) atoms. The Bertz CT molecular complexity index is 990. The smallest absolute Gasteiger partial charge is 0.326 e. The number of nitrogens with one attached hydrogen (secondary N) is 2. The normalized spacial score (nSPS) is 14.5. The molecule has 0 saturated carbocycles. The van der Waals surface area contributed by atoms with Crippen LogP contribution < -0.4 is 10.6 Å². The molecule has 0 saturated heterocycles. The molecule has 3 N–H and O–H groups in total. The molecule has 0 unspecified atom stereocenters. The zero-order chi connectivity index (χ0) is 26.5. The first-order valence-electron chi connectivity index (χ1n) is 12.9. The molecule has 0 bridgehead atoms. The molecule has 10 heteroatoms. The summed E-state index contributed by atoms with van der Waals surface area (Å²) in [4.78, 5) is 35.0. The Kier molecular flexibility index (Phi) is 11.7. The number of hydrogen-bond acceptors (Lipinski definition) is 7. The van der Waals surface area contributed by atoms with Gasteiger partial charge in [0, 0.05) is 44.3 Å². The number of carboxylic acid groups (broad SMARTS) is 1. The summed E-state index contributed by atoms with van der Waals surface area (Å²) in [5.41, 5.74) is 2.87. The van der Waals surface area contributed by atoms with Crippen molar-refractivity contribution in [2.75, 3.05) is 45.3 Å². The first-order valence-corrected chi connectivity index (χ1v) is 12.9. The van der Waals surface area contributed by atoms with Crippen LogP contribution in [0.25, 0.3) is 0 Å². The minimum Gasteiger partial charge on any atom is -0.480 e. The third-order valence-electron chi connectivity index (χ3n) is 6.51. The van der Waals surface area contributed by atoms with Gasteiger partial charge < -0.3 is 25.4 Å². The summed E-state index contributed by atoms with van der Waals surface area (Å²) in [6.07, 6.45) is 5.97. The zero-order valence-electron chi connectivity index (χ0n) is 21.5. The molecule has 1 amide bonds. The molecular formula is C27H38FN5O4. The minimum absolute atomic E-state index is 0.00812. The first-order chi connectivity index (χ1) is 18.0. The van der Waals surface area contributed by atoms with E-state index in [4.69, 9.17) is 9.72 Å². The number of methoxy groups -OCH3 is 1. The lowest BCUT2D eigenvalue weighted by Crippen LogP contribution is -2.45. The van der Waals surface area contributed by atoms with Crippen molar-refractivity contribution in [3.63, 3.8) is 0 Å². The van der Waals surface area contributed by atoms with Crippen molar-refractivity contribution in [2.45, 2.75) is 57.1 Å². The van der Waals surface area contributed by atoms with E-state index in [9.17, 15) is 19.1 Å². The topological polar surface area (TPSA) is 117 Å². The van der Waals surface area contributed by atoms with E-state index in [2.05, 4.69) is 27.8 Å². The highest BCUT2D eigenvalue weighted by Gasteiger charge is 2.22. The van der Waals surface area contributed by atoms with E-state index in [0.717, 1.165) is 50.2 Å². The van der Waals surface area contributed by atoms with Crippen LogP contribution in [-0.4, -0.2) is 84.0 Å². The molecular weight excluding hydrogens is 477 g/mol. The molecule has 0 radical (unpaired) electrons. The van der Waals surface area contributed by atoms with Crippen molar-refractivity contribution in [2.24, 2.45) is 0 Å². The summed E-state index contributed by atoms with van der Waals surface area (Å²) >= 11 is 0. The summed E-state index contributed by atoms with van der Waals surface area (Å²) in [5, 5.41) is 15.6. The standard InChI is InChI=1S/C27H38FN5O4/c1-37-23(18-28)19-33(15-5-3-8-21-11-10-20-7-6-14-30-26(20)31-21)16-12-24(27(35)36)32-25(34)17-22-9-2-4-13-29-22/h2,4,9-11,13,23-24H,3,5-8,12,14-19H2,1H3,(H,30,31)(H,32,34)(H,35,36)/t23-,24+/m1/s1. The second-order valence-electron chi connectivity index (χ2n) is 9.36. The number of aryl methyl sites for hydroxylation is 2. The molecule has 0 aromatic carbocycles. The number of alkyl halides is 1. The predicted molar refractivity (Wildman–Crippen MR) is 139 cm³/mol. The van der Waals surface area contributed by atoms with Gasteiger partial charge in [0.1, 0.15) is 18.5 Å². The fourth-order valence-corrected chi connectivity index (χ4v) is 4.40. The van der Waals surface area contributed by atoms with Gasteiger partial charge in [-0.2, -0.15) is 0 Å². The highest BCUT2D eigenvalue weighted by atomic mass is 19.1. The number of rotatable bonds is 16. The number of anilines is 1. The van der Waals surface area contributed by atoms with E-state index in [1.165, 1.54) is 12.7 Å². The van der Waals surface area contributed by atoms with Crippen LogP contribution in [0.3, 0.4) is 0 Å². The third kappa shape index (κ3) is 9.70. The lowest BCUT2D eigenvalue weighted by molar-refractivity contribution is -0.142. The van der Waals surface area contributed by atoms with Gasteiger partial charge in [-0.25, -0.2) is 14.2 Å². The van der Waals surface area contributed by atoms with Crippen LogP contribution in [0.1, 0.15) is 42.6 Å². The first kappa shape index (κ1) is 28.5. The number of fused-ring (bicyclic) bond motifs is 1. The van der Waals surface area contributed by atoms with Gasteiger partial charge in [0.15, 0.2) is 0 Å². The van der Waals surface area contributed by atoms with Crippen LogP contribution in [-0.2, 0) is 33.6 Å². The van der Waals surface area contributed by atoms with Crippen LogP contribution in [0.5, 0.6) is 0 Å². The van der Waals surface area contributed by atoms with Crippen LogP contribution in [0, 0.1) is 0 Å². The number of amides is 1. The molecule has 1 aliphatic heterocycles. The number of aromatic nitrogens is 2. The Morgan fingerprint density at radius 2 is 2.08 bits per heavy atom. The number of carbonyl (C=O) groups is 2. The lowest BCUT2D eigenvalue weighted by Gasteiger charge is -2.27. The Morgan fingerprint density at radius 3 is 2.81 bits per heavy atom. The van der Waals surface area contributed by atoms with Crippen LogP contribution >= 0.6 is 0 Å². The SMILES string of the molecule is CO[C@H](CF)CN(CCCCc1ccc2c(n1)NCCC2)CC[C@H](NC(=O)Cc1ccccn1)C(=O)O. The molecule has 2 atom stereocenters. The van der Waals surface area contributed by atoms with E-state index >= 15 is 0 Å². The number of carboxylic acids is 1. The highest BCUT2D eigenvalue weighted by molar-refractivity contribution is 5.84. The van der Waals surface area contributed by atoms with Crippen LogP contribution in [0.15, 0.2) is 36.5 Å².